The van der Waals surface area contributed by atoms with Gasteiger partial charge in [-0.1, -0.05) is 84.6 Å². The van der Waals surface area contributed by atoms with E-state index in [2.05, 4.69) is 78.9 Å². The summed E-state index contributed by atoms with van der Waals surface area (Å²) in [5.41, 5.74) is 1.39. The third-order valence-electron chi connectivity index (χ3n) is 6.52. The average Bonchev–Trinajstić information content (AvgIpc) is 3.15. The first-order valence-corrected chi connectivity index (χ1v) is 13.2. The molecule has 0 radical (unpaired) electrons. The second-order valence-corrected chi connectivity index (χ2v) is 11.8. The van der Waals surface area contributed by atoms with Gasteiger partial charge in [0.05, 0.1) is 5.31 Å². The van der Waals surface area contributed by atoms with E-state index in [0.717, 1.165) is 5.31 Å². The van der Waals surface area contributed by atoms with Crippen LogP contribution in [0.5, 0.6) is 0 Å². The Bertz CT molecular complexity index is 1290. The van der Waals surface area contributed by atoms with Gasteiger partial charge >= 0.3 is 0 Å². The highest BCUT2D eigenvalue weighted by molar-refractivity contribution is 7.99. The molecule has 0 spiro atoms. The van der Waals surface area contributed by atoms with Crippen molar-refractivity contribution in [2.45, 2.75) is 13.3 Å². The Morgan fingerprint density at radius 2 is 1.09 bits per heavy atom. The van der Waals surface area contributed by atoms with Gasteiger partial charge in [-0.2, -0.15) is 0 Å². The van der Waals surface area contributed by atoms with Gasteiger partial charge in [-0.25, -0.2) is 0 Å². The maximum Gasteiger partial charge on any atom is 0.189 e. The number of benzene rings is 4. The monoisotopic (exact) mass is 460 g/mol. The standard InChI is InChI=1S/C31H25O2P/c1-2-23(22-29-30(32)27-20-12-13-21-28(27)31(29)33)34(24-14-6-3-7-15-24,25-16-8-4-9-17-25)26-18-10-5-11-19-26/h2-21H,22H2,1H3/b23-2+. The number of carbonyl (C=O) groups excluding carboxylic acids is 1. The second kappa shape index (κ2) is 9.25. The van der Waals surface area contributed by atoms with Crippen molar-refractivity contribution in [1.29, 1.82) is 0 Å². The van der Waals surface area contributed by atoms with Crippen molar-refractivity contribution in [2.75, 3.05) is 0 Å². The first-order chi connectivity index (χ1) is 16.7. The molecule has 0 fully saturated rings. The van der Waals surface area contributed by atoms with Crippen LogP contribution in [0.3, 0.4) is 0 Å². The summed E-state index contributed by atoms with van der Waals surface area (Å²) in [5.74, 6) is -0.292. The number of fused-ring (bicyclic) bond motifs is 1. The molecule has 0 amide bonds. The Hall–Kier alpha value is -3.74. The second-order valence-electron chi connectivity index (χ2n) is 8.32. The lowest BCUT2D eigenvalue weighted by molar-refractivity contribution is -0.244. The van der Waals surface area contributed by atoms with Crippen molar-refractivity contribution in [3.8, 4) is 0 Å². The van der Waals surface area contributed by atoms with Gasteiger partial charge in [0.2, 0.25) is 0 Å². The molecule has 0 aliphatic heterocycles. The summed E-state index contributed by atoms with van der Waals surface area (Å²) in [6, 6.07) is 38.7. The molecule has 166 valence electrons. The Kier molecular flexibility index (Phi) is 6.01. The van der Waals surface area contributed by atoms with E-state index in [0.29, 0.717) is 23.1 Å². The van der Waals surface area contributed by atoms with E-state index < -0.39 is 7.26 Å². The van der Waals surface area contributed by atoms with Crippen LogP contribution in [0.25, 0.3) is 5.76 Å². The zero-order chi connectivity index (χ0) is 23.5. The van der Waals surface area contributed by atoms with E-state index in [1.807, 2.05) is 37.3 Å². The quantitative estimate of drug-likeness (QED) is 0.369. The van der Waals surface area contributed by atoms with Crippen LogP contribution in [0, 0.1) is 0 Å². The van der Waals surface area contributed by atoms with Gasteiger partial charge in [-0.05, 0) is 55.0 Å². The number of Topliss-reactive ketones (excluding diaryl/α,β-unsaturated/α-hetero) is 1. The van der Waals surface area contributed by atoms with Crippen molar-refractivity contribution in [2.24, 2.45) is 0 Å². The predicted octanol–water partition coefficient (Wildman–Crippen LogP) is 5.24. The van der Waals surface area contributed by atoms with Gasteiger partial charge < -0.3 is 5.11 Å². The van der Waals surface area contributed by atoms with E-state index in [1.165, 1.54) is 15.9 Å². The third kappa shape index (κ3) is 3.52. The third-order valence-corrected chi connectivity index (χ3v) is 11.0. The number of rotatable bonds is 6. The van der Waals surface area contributed by atoms with Crippen LogP contribution in [-0.4, -0.2) is 5.78 Å². The Morgan fingerprint density at radius 3 is 1.50 bits per heavy atom. The normalized spacial score (nSPS) is 13.8. The molecule has 0 saturated carbocycles. The average molecular weight is 461 g/mol. The van der Waals surface area contributed by atoms with E-state index in [9.17, 15) is 9.90 Å². The molecule has 0 atom stereocenters. The Balaban J connectivity index is 1.76. The summed E-state index contributed by atoms with van der Waals surface area (Å²) in [6.45, 7) is 2.02. The first-order valence-electron chi connectivity index (χ1n) is 11.4. The molecular weight excluding hydrogens is 435 g/mol. The minimum Gasteiger partial charge on any atom is -0.872 e. The van der Waals surface area contributed by atoms with Gasteiger partial charge in [0.15, 0.2) is 5.78 Å². The van der Waals surface area contributed by atoms with Crippen molar-refractivity contribution in [3.05, 3.63) is 143 Å². The van der Waals surface area contributed by atoms with E-state index >= 15 is 0 Å². The fourth-order valence-corrected chi connectivity index (χ4v) is 9.49. The number of hydrogen-bond donors (Lipinski definition) is 0. The molecule has 1 aliphatic rings. The summed E-state index contributed by atoms with van der Waals surface area (Å²) in [7, 11) is -2.33. The Labute approximate surface area is 201 Å². The van der Waals surface area contributed by atoms with Crippen LogP contribution >= 0.6 is 7.26 Å². The minimum atomic E-state index is -2.33. The highest BCUT2D eigenvalue weighted by atomic mass is 31.2. The molecule has 0 bridgehead atoms. The maximum absolute atomic E-state index is 13.3. The van der Waals surface area contributed by atoms with Crippen molar-refractivity contribution in [1.82, 2.24) is 0 Å². The highest BCUT2D eigenvalue weighted by Gasteiger charge is 2.49. The largest absolute Gasteiger partial charge is 0.872 e. The minimum absolute atomic E-state index is 0.146. The molecule has 5 rings (SSSR count). The molecule has 0 unspecified atom stereocenters. The summed E-state index contributed by atoms with van der Waals surface area (Å²) in [4.78, 5) is 13.3. The van der Waals surface area contributed by atoms with Crippen LogP contribution in [0.2, 0.25) is 0 Å². The molecular formula is C31H25O2P. The number of ketones is 1. The van der Waals surface area contributed by atoms with Crippen molar-refractivity contribution in [3.63, 3.8) is 0 Å². The van der Waals surface area contributed by atoms with Crippen LogP contribution < -0.4 is 21.0 Å². The zero-order valence-corrected chi connectivity index (χ0v) is 19.9. The van der Waals surface area contributed by atoms with Crippen LogP contribution in [0.1, 0.15) is 29.3 Å². The fraction of sp³-hybridized carbons (Fsp3) is 0.0645. The van der Waals surface area contributed by atoms with E-state index in [-0.39, 0.29) is 11.5 Å². The molecule has 0 aromatic heterocycles. The Morgan fingerprint density at radius 1 is 0.676 bits per heavy atom. The lowest BCUT2D eigenvalue weighted by Gasteiger charge is -2.30. The molecule has 2 nitrogen and oxygen atoms in total. The van der Waals surface area contributed by atoms with Gasteiger partial charge in [-0.15, -0.1) is 0 Å². The molecule has 0 heterocycles. The van der Waals surface area contributed by atoms with Gasteiger partial charge in [0.1, 0.15) is 23.2 Å². The van der Waals surface area contributed by atoms with Crippen molar-refractivity contribution < 1.29 is 9.90 Å². The van der Waals surface area contributed by atoms with Gasteiger partial charge in [0, 0.05) is 17.6 Å². The molecule has 4 aromatic carbocycles. The summed E-state index contributed by atoms with van der Waals surface area (Å²) >= 11 is 0. The lowest BCUT2D eigenvalue weighted by Crippen LogP contribution is -2.32. The fourth-order valence-electron chi connectivity index (χ4n) is 4.96. The summed E-state index contributed by atoms with van der Waals surface area (Å²) in [5, 5.41) is 18.0. The number of carbonyl (C=O) groups is 1. The number of allylic oxidation sites excluding steroid dienone is 3. The molecule has 3 heteroatoms. The molecule has 1 aliphatic carbocycles. The molecule has 0 N–H and O–H groups in total. The SMILES string of the molecule is C/C=C(\CC1=C([O-])c2ccccc2C1=O)[P+](c1ccccc1)(c1ccccc1)c1ccccc1. The van der Waals surface area contributed by atoms with E-state index in [4.69, 9.17) is 0 Å². The van der Waals surface area contributed by atoms with E-state index in [1.54, 1.807) is 12.1 Å². The van der Waals surface area contributed by atoms with Crippen molar-refractivity contribution >= 4 is 34.7 Å². The summed E-state index contributed by atoms with van der Waals surface area (Å²) < 4.78 is 0. The molecule has 34 heavy (non-hydrogen) atoms. The predicted molar refractivity (Wildman–Crippen MR) is 141 cm³/mol. The van der Waals surface area contributed by atoms with Crippen LogP contribution in [0.15, 0.2) is 132 Å². The molecule has 4 aromatic rings. The molecule has 0 saturated heterocycles. The maximum atomic E-state index is 13.3. The van der Waals surface area contributed by atoms with Crippen LogP contribution in [-0.2, 0) is 0 Å². The smallest absolute Gasteiger partial charge is 0.189 e. The zero-order valence-electron chi connectivity index (χ0n) is 19.0. The summed E-state index contributed by atoms with van der Waals surface area (Å²) in [6.07, 6.45) is 2.45. The van der Waals surface area contributed by atoms with Gasteiger partial charge in [-0.3, -0.25) is 4.79 Å². The highest BCUT2D eigenvalue weighted by Crippen LogP contribution is 2.64. The van der Waals surface area contributed by atoms with Crippen LogP contribution in [0.4, 0.5) is 0 Å². The topological polar surface area (TPSA) is 40.1 Å². The first kappa shape index (κ1) is 22.1. The lowest BCUT2D eigenvalue weighted by atomic mass is 10.1. The number of hydrogen-bond acceptors (Lipinski definition) is 2. The van der Waals surface area contributed by atoms with Gasteiger partial charge in [0.25, 0.3) is 0 Å².